The maximum atomic E-state index is 12.6. The molecular weight excluding hydrogens is 362 g/mol. The molecule has 0 saturated carbocycles. The fraction of sp³-hybridized carbons (Fsp3) is 0.381. The normalized spacial score (nSPS) is 11.6. The van der Waals surface area contributed by atoms with E-state index in [-0.39, 0.29) is 23.6 Å². The number of hydrogen-bond donors (Lipinski definition) is 1. The lowest BCUT2D eigenvalue weighted by Gasteiger charge is -2.13. The number of aryl methyl sites for hydroxylation is 1. The molecule has 1 atom stereocenters. The fourth-order valence-corrected chi connectivity index (χ4v) is 2.85. The van der Waals surface area contributed by atoms with Crippen molar-refractivity contribution in [2.75, 3.05) is 13.2 Å². The molecule has 0 bridgehead atoms. The van der Waals surface area contributed by atoms with Gasteiger partial charge in [-0.2, -0.15) is 0 Å². The van der Waals surface area contributed by atoms with Crippen LogP contribution in [0.15, 0.2) is 24.3 Å². The van der Waals surface area contributed by atoms with Crippen molar-refractivity contribution in [1.29, 1.82) is 0 Å². The fourth-order valence-electron chi connectivity index (χ4n) is 2.85. The summed E-state index contributed by atoms with van der Waals surface area (Å²) < 4.78 is 15.7. The van der Waals surface area contributed by atoms with Crippen LogP contribution in [0, 0.1) is 13.8 Å². The van der Waals surface area contributed by atoms with Gasteiger partial charge in [0.2, 0.25) is 5.78 Å². The molecule has 0 aliphatic carbocycles. The Morgan fingerprint density at radius 1 is 1.00 bits per heavy atom. The van der Waals surface area contributed by atoms with Crippen molar-refractivity contribution in [3.8, 4) is 5.75 Å². The zero-order chi connectivity index (χ0) is 20.8. The van der Waals surface area contributed by atoms with Crippen LogP contribution in [0.3, 0.4) is 0 Å². The van der Waals surface area contributed by atoms with Gasteiger partial charge >= 0.3 is 11.9 Å². The Morgan fingerprint density at radius 2 is 1.64 bits per heavy atom. The van der Waals surface area contributed by atoms with E-state index >= 15 is 0 Å². The van der Waals surface area contributed by atoms with Crippen molar-refractivity contribution < 1.29 is 28.6 Å². The second-order valence-corrected chi connectivity index (χ2v) is 6.21. The summed E-state index contributed by atoms with van der Waals surface area (Å²) in [6, 6.07) is 6.64. The highest BCUT2D eigenvalue weighted by molar-refractivity contribution is 6.03. The van der Waals surface area contributed by atoms with Gasteiger partial charge in [0.1, 0.15) is 11.4 Å². The van der Waals surface area contributed by atoms with Gasteiger partial charge in [0, 0.05) is 11.3 Å². The van der Waals surface area contributed by atoms with Crippen LogP contribution in [0.1, 0.15) is 63.2 Å². The minimum absolute atomic E-state index is 0.205. The Morgan fingerprint density at radius 3 is 2.21 bits per heavy atom. The number of esters is 2. The van der Waals surface area contributed by atoms with Crippen molar-refractivity contribution in [2.45, 2.75) is 40.7 Å². The molecule has 1 heterocycles. The van der Waals surface area contributed by atoms with Gasteiger partial charge in [-0.05, 0) is 64.4 Å². The van der Waals surface area contributed by atoms with E-state index in [0.29, 0.717) is 29.2 Å². The van der Waals surface area contributed by atoms with Crippen LogP contribution in [-0.2, 0) is 9.47 Å². The molecule has 0 amide bonds. The molecule has 28 heavy (non-hydrogen) atoms. The topological polar surface area (TPSA) is 94.7 Å². The summed E-state index contributed by atoms with van der Waals surface area (Å²) in [6.45, 7) is 9.14. The average Bonchev–Trinajstić information content (AvgIpc) is 2.96. The zero-order valence-electron chi connectivity index (χ0n) is 16.8. The van der Waals surface area contributed by atoms with Crippen LogP contribution in [0.2, 0.25) is 0 Å². The van der Waals surface area contributed by atoms with Gasteiger partial charge in [0.05, 0.1) is 18.8 Å². The molecule has 0 unspecified atom stereocenters. The number of aromatic amines is 1. The number of hydrogen-bond acceptors (Lipinski definition) is 6. The minimum Gasteiger partial charge on any atom is -0.494 e. The first-order chi connectivity index (χ1) is 13.3. The van der Waals surface area contributed by atoms with Crippen LogP contribution in [0.5, 0.6) is 5.75 Å². The first kappa shape index (κ1) is 21.2. The maximum Gasteiger partial charge on any atom is 0.355 e. The van der Waals surface area contributed by atoms with Gasteiger partial charge < -0.3 is 19.2 Å². The molecule has 2 rings (SSSR count). The van der Waals surface area contributed by atoms with Crippen molar-refractivity contribution >= 4 is 17.7 Å². The van der Waals surface area contributed by atoms with Gasteiger partial charge in [-0.15, -0.1) is 0 Å². The van der Waals surface area contributed by atoms with Crippen molar-refractivity contribution in [2.24, 2.45) is 0 Å². The Bertz CT molecular complexity index is 866. The van der Waals surface area contributed by atoms with E-state index in [9.17, 15) is 14.4 Å². The predicted octanol–water partition coefficient (Wildman–Crippen LogP) is 3.64. The SMILES string of the molecule is CCOC(=O)c1[nH]c(C)c(C(=O)O[C@H](C)C(=O)c2ccc(OCC)cc2)c1C. The molecular formula is C21H25NO6. The number of benzene rings is 1. The van der Waals surface area contributed by atoms with E-state index in [1.54, 1.807) is 45.0 Å². The summed E-state index contributed by atoms with van der Waals surface area (Å²) >= 11 is 0. The molecule has 2 aromatic rings. The van der Waals surface area contributed by atoms with Crippen LogP contribution in [0.25, 0.3) is 0 Å². The number of aromatic nitrogens is 1. The van der Waals surface area contributed by atoms with E-state index in [4.69, 9.17) is 14.2 Å². The molecule has 0 aliphatic heterocycles. The Balaban J connectivity index is 2.13. The molecule has 0 aliphatic rings. The molecule has 1 N–H and O–H groups in total. The van der Waals surface area contributed by atoms with Gasteiger partial charge in [-0.1, -0.05) is 0 Å². The number of ketones is 1. The van der Waals surface area contributed by atoms with Crippen molar-refractivity contribution in [3.63, 3.8) is 0 Å². The quantitative estimate of drug-likeness (QED) is 0.549. The highest BCUT2D eigenvalue weighted by atomic mass is 16.5. The van der Waals surface area contributed by atoms with Gasteiger partial charge in [-0.3, -0.25) is 4.79 Å². The van der Waals surface area contributed by atoms with E-state index in [1.807, 2.05) is 6.92 Å². The lowest BCUT2D eigenvalue weighted by molar-refractivity contribution is 0.0317. The standard InChI is InChI=1S/C21H25NO6/c1-6-26-16-10-8-15(9-11-16)19(23)14(5)28-20(24)17-12(3)18(22-13(17)4)21(25)27-7-2/h8-11,14,22H,6-7H2,1-5H3/t14-/m1/s1. The van der Waals surface area contributed by atoms with E-state index in [0.717, 1.165) is 0 Å². The highest BCUT2D eigenvalue weighted by Crippen LogP contribution is 2.21. The Kier molecular flexibility index (Phi) is 6.98. The lowest BCUT2D eigenvalue weighted by atomic mass is 10.1. The summed E-state index contributed by atoms with van der Waals surface area (Å²) in [6.07, 6.45) is -0.981. The molecule has 0 radical (unpaired) electrons. The lowest BCUT2D eigenvalue weighted by Crippen LogP contribution is -2.25. The highest BCUT2D eigenvalue weighted by Gasteiger charge is 2.27. The minimum atomic E-state index is -0.981. The number of carbonyl (C=O) groups is 3. The third kappa shape index (κ3) is 4.60. The van der Waals surface area contributed by atoms with Crippen LogP contribution in [0.4, 0.5) is 0 Å². The molecule has 1 aromatic carbocycles. The van der Waals surface area contributed by atoms with Gasteiger partial charge in [0.15, 0.2) is 6.10 Å². The summed E-state index contributed by atoms with van der Waals surface area (Å²) in [7, 11) is 0. The van der Waals surface area contributed by atoms with Crippen LogP contribution in [-0.4, -0.2) is 42.0 Å². The summed E-state index contributed by atoms with van der Waals surface area (Å²) in [5.41, 5.74) is 1.76. The summed E-state index contributed by atoms with van der Waals surface area (Å²) in [5.74, 6) is -0.879. The maximum absolute atomic E-state index is 12.6. The molecule has 0 spiro atoms. The Labute approximate surface area is 164 Å². The molecule has 150 valence electrons. The smallest absolute Gasteiger partial charge is 0.355 e. The van der Waals surface area contributed by atoms with Gasteiger partial charge in [-0.25, -0.2) is 9.59 Å². The zero-order valence-corrected chi connectivity index (χ0v) is 16.8. The molecule has 7 nitrogen and oxygen atoms in total. The van der Waals surface area contributed by atoms with E-state index < -0.39 is 18.0 Å². The number of Topliss-reactive ketones (excluding diaryl/α,β-unsaturated/α-hetero) is 1. The van der Waals surface area contributed by atoms with Gasteiger partial charge in [0.25, 0.3) is 0 Å². The van der Waals surface area contributed by atoms with Crippen LogP contribution < -0.4 is 4.74 Å². The van der Waals surface area contributed by atoms with E-state index in [1.165, 1.54) is 6.92 Å². The number of nitrogens with one attached hydrogen (secondary N) is 1. The monoisotopic (exact) mass is 387 g/mol. The first-order valence-corrected chi connectivity index (χ1v) is 9.14. The second-order valence-electron chi connectivity index (χ2n) is 6.21. The van der Waals surface area contributed by atoms with E-state index in [2.05, 4.69) is 4.98 Å². The number of rotatable bonds is 8. The predicted molar refractivity (Wildman–Crippen MR) is 103 cm³/mol. The molecule has 0 saturated heterocycles. The second kappa shape index (κ2) is 9.21. The number of carbonyl (C=O) groups excluding carboxylic acids is 3. The van der Waals surface area contributed by atoms with Crippen molar-refractivity contribution in [1.82, 2.24) is 4.98 Å². The first-order valence-electron chi connectivity index (χ1n) is 9.14. The number of ether oxygens (including phenoxy) is 3. The summed E-state index contributed by atoms with van der Waals surface area (Å²) in [5, 5.41) is 0. The van der Waals surface area contributed by atoms with Crippen molar-refractivity contribution in [3.05, 3.63) is 52.3 Å². The Hall–Kier alpha value is -3.09. The average molecular weight is 387 g/mol. The molecule has 1 aromatic heterocycles. The molecule has 7 heteroatoms. The van der Waals surface area contributed by atoms with Crippen LogP contribution >= 0.6 is 0 Å². The third-order valence-electron chi connectivity index (χ3n) is 4.22. The third-order valence-corrected chi connectivity index (χ3v) is 4.22. The number of H-pyrrole nitrogens is 1. The summed E-state index contributed by atoms with van der Waals surface area (Å²) in [4.78, 5) is 40.0. The largest absolute Gasteiger partial charge is 0.494 e. The molecule has 0 fully saturated rings.